The molecule has 8 heteroatoms. The fourth-order valence-corrected chi connectivity index (χ4v) is 3.90. The third-order valence-corrected chi connectivity index (χ3v) is 5.68. The van der Waals surface area contributed by atoms with E-state index in [-0.39, 0.29) is 6.04 Å². The van der Waals surface area contributed by atoms with E-state index < -0.39 is 13.4 Å². The fraction of sp³-hybridized carbons (Fsp3) is 0.571. The maximum atomic E-state index is 12.8. The number of benzene rings is 1. The molecular weight excluding hydrogens is 305 g/mol. The van der Waals surface area contributed by atoms with E-state index in [2.05, 4.69) is 17.3 Å². The number of hydrogen-bond donors (Lipinski definition) is 0. The van der Waals surface area contributed by atoms with E-state index in [4.69, 9.17) is 13.8 Å². The Hall–Kier alpha value is -1.43. The Bertz CT molecular complexity index is 556. The molecule has 1 aromatic rings. The third-order valence-electron chi connectivity index (χ3n) is 3.63. The molecule has 0 radical (unpaired) electrons. The van der Waals surface area contributed by atoms with Gasteiger partial charge in [0.15, 0.2) is 5.78 Å². The first-order chi connectivity index (χ1) is 10.6. The lowest BCUT2D eigenvalue weighted by molar-refractivity contribution is 0.212. The number of nitrogens with zero attached hydrogens (tertiary/aromatic N) is 3. The van der Waals surface area contributed by atoms with Crippen LogP contribution in [-0.4, -0.2) is 38.7 Å². The van der Waals surface area contributed by atoms with Gasteiger partial charge in [-0.2, -0.15) is 5.11 Å². The van der Waals surface area contributed by atoms with Gasteiger partial charge in [0, 0.05) is 20.8 Å². The Kier molecular flexibility index (Phi) is 5.56. The molecule has 0 aliphatic carbocycles. The second-order valence-corrected chi connectivity index (χ2v) is 7.24. The average Bonchev–Trinajstić information content (AvgIpc) is 2.99. The van der Waals surface area contributed by atoms with Crippen molar-refractivity contribution in [1.82, 2.24) is 5.01 Å². The summed E-state index contributed by atoms with van der Waals surface area (Å²) >= 11 is 0. The summed E-state index contributed by atoms with van der Waals surface area (Å²) in [6.07, 6.45) is 0.905. The zero-order valence-corrected chi connectivity index (χ0v) is 14.2. The Morgan fingerprint density at radius 1 is 1.18 bits per heavy atom. The minimum absolute atomic E-state index is 0.281. The topological polar surface area (TPSA) is 72.7 Å². The van der Waals surface area contributed by atoms with Crippen LogP contribution >= 0.6 is 7.60 Å². The van der Waals surface area contributed by atoms with E-state index >= 15 is 0 Å². The summed E-state index contributed by atoms with van der Waals surface area (Å²) in [7, 11) is 0.990. The first-order valence-corrected chi connectivity index (χ1v) is 8.73. The Morgan fingerprint density at radius 2 is 1.82 bits per heavy atom. The number of hydrogen-bond acceptors (Lipinski definition) is 7. The van der Waals surface area contributed by atoms with Gasteiger partial charge < -0.3 is 13.8 Å². The molecule has 0 aromatic heterocycles. The molecule has 1 aliphatic rings. The van der Waals surface area contributed by atoms with E-state index in [0.29, 0.717) is 6.54 Å². The standard InChI is InChI=1S/C14H22N3O4P/c1-5-10-17-13(11-6-8-12(19-2)9-7-11)14(15-16-17)22(18,20-3)21-4/h6-9,13-14H,5,10H2,1-4H3/t13-,14-/m0/s1. The van der Waals surface area contributed by atoms with Gasteiger partial charge in [0.2, 0.25) is 0 Å². The maximum Gasteiger partial charge on any atom is 0.358 e. The van der Waals surface area contributed by atoms with Crippen molar-refractivity contribution in [2.45, 2.75) is 25.2 Å². The molecule has 2 rings (SSSR count). The van der Waals surface area contributed by atoms with Crippen molar-refractivity contribution in [3.05, 3.63) is 29.8 Å². The summed E-state index contributed by atoms with van der Waals surface area (Å²) in [6.45, 7) is 2.77. The van der Waals surface area contributed by atoms with Crippen LogP contribution in [0.4, 0.5) is 0 Å². The van der Waals surface area contributed by atoms with Crippen molar-refractivity contribution in [3.8, 4) is 5.75 Å². The van der Waals surface area contributed by atoms with Crippen LogP contribution < -0.4 is 4.74 Å². The molecule has 1 heterocycles. The molecule has 122 valence electrons. The van der Waals surface area contributed by atoms with Gasteiger partial charge in [-0.05, 0) is 24.1 Å². The van der Waals surface area contributed by atoms with Gasteiger partial charge in [-0.15, -0.1) is 0 Å². The summed E-state index contributed by atoms with van der Waals surface area (Å²) in [4.78, 5) is 0. The van der Waals surface area contributed by atoms with Gasteiger partial charge in [-0.25, -0.2) is 0 Å². The summed E-state index contributed by atoms with van der Waals surface area (Å²) in [5.74, 6) is 0.0818. The predicted molar refractivity (Wildman–Crippen MR) is 83.0 cm³/mol. The third kappa shape index (κ3) is 3.16. The monoisotopic (exact) mass is 327 g/mol. The molecule has 0 amide bonds. The maximum absolute atomic E-state index is 12.8. The van der Waals surface area contributed by atoms with Gasteiger partial charge in [0.05, 0.1) is 7.11 Å². The SMILES string of the molecule is CCCN1N=N[C@@H](P(=O)(OC)OC)[C@@H]1c1ccc(OC)cc1. The Labute approximate surface area is 130 Å². The van der Waals surface area contributed by atoms with E-state index in [0.717, 1.165) is 17.7 Å². The average molecular weight is 327 g/mol. The number of rotatable bonds is 7. The highest BCUT2D eigenvalue weighted by Gasteiger charge is 2.47. The molecule has 0 unspecified atom stereocenters. The molecule has 0 saturated heterocycles. The van der Waals surface area contributed by atoms with Gasteiger partial charge in [-0.1, -0.05) is 24.3 Å². The van der Waals surface area contributed by atoms with E-state index in [1.165, 1.54) is 14.2 Å². The zero-order chi connectivity index (χ0) is 16.2. The quantitative estimate of drug-likeness (QED) is 0.715. The van der Waals surface area contributed by atoms with Crippen molar-refractivity contribution in [2.24, 2.45) is 10.3 Å². The van der Waals surface area contributed by atoms with Crippen molar-refractivity contribution >= 4 is 7.60 Å². The summed E-state index contributed by atoms with van der Waals surface area (Å²) < 4.78 is 28.2. The van der Waals surface area contributed by atoms with Gasteiger partial charge >= 0.3 is 7.60 Å². The van der Waals surface area contributed by atoms with Crippen LogP contribution in [0.1, 0.15) is 24.9 Å². The molecule has 0 saturated carbocycles. The second kappa shape index (κ2) is 7.22. The van der Waals surface area contributed by atoms with Gasteiger partial charge in [0.1, 0.15) is 11.8 Å². The minimum Gasteiger partial charge on any atom is -0.497 e. The van der Waals surface area contributed by atoms with E-state index in [9.17, 15) is 4.57 Å². The molecule has 0 N–H and O–H groups in total. The van der Waals surface area contributed by atoms with Crippen molar-refractivity contribution < 1.29 is 18.3 Å². The molecule has 0 spiro atoms. The largest absolute Gasteiger partial charge is 0.497 e. The van der Waals surface area contributed by atoms with Crippen molar-refractivity contribution in [2.75, 3.05) is 27.9 Å². The van der Waals surface area contributed by atoms with Crippen LogP contribution in [0, 0.1) is 0 Å². The fourth-order valence-electron chi connectivity index (χ4n) is 2.48. The first kappa shape index (κ1) is 16.9. The summed E-state index contributed by atoms with van der Waals surface area (Å²) in [6, 6.07) is 7.28. The summed E-state index contributed by atoms with van der Waals surface area (Å²) in [5.41, 5.74) is 0.943. The Morgan fingerprint density at radius 3 is 2.32 bits per heavy atom. The smallest absolute Gasteiger partial charge is 0.358 e. The van der Waals surface area contributed by atoms with Gasteiger partial charge in [-0.3, -0.25) is 9.57 Å². The lowest BCUT2D eigenvalue weighted by atomic mass is 10.1. The molecular formula is C14H22N3O4P. The van der Waals surface area contributed by atoms with Crippen LogP contribution in [-0.2, 0) is 13.6 Å². The molecule has 0 bridgehead atoms. The highest BCUT2D eigenvalue weighted by atomic mass is 31.2. The van der Waals surface area contributed by atoms with Crippen LogP contribution in [0.2, 0.25) is 0 Å². The summed E-state index contributed by atoms with van der Waals surface area (Å²) in [5, 5.41) is 10.2. The van der Waals surface area contributed by atoms with Crippen molar-refractivity contribution in [1.29, 1.82) is 0 Å². The van der Waals surface area contributed by atoms with Gasteiger partial charge in [0.25, 0.3) is 0 Å². The highest BCUT2D eigenvalue weighted by Crippen LogP contribution is 2.59. The second-order valence-electron chi connectivity index (χ2n) is 4.90. The Balaban J connectivity index is 2.37. The van der Waals surface area contributed by atoms with E-state index in [1.807, 2.05) is 29.3 Å². The highest BCUT2D eigenvalue weighted by molar-refractivity contribution is 7.54. The lowest BCUT2D eigenvalue weighted by Gasteiger charge is -2.28. The number of methoxy groups -OCH3 is 1. The molecule has 22 heavy (non-hydrogen) atoms. The van der Waals surface area contributed by atoms with E-state index in [1.54, 1.807) is 7.11 Å². The number of ether oxygens (including phenoxy) is 1. The van der Waals surface area contributed by atoms with Crippen LogP contribution in [0.3, 0.4) is 0 Å². The predicted octanol–water partition coefficient (Wildman–Crippen LogP) is 3.64. The van der Waals surface area contributed by atoms with Crippen LogP contribution in [0.15, 0.2) is 34.6 Å². The molecule has 1 aliphatic heterocycles. The van der Waals surface area contributed by atoms with Crippen LogP contribution in [0.25, 0.3) is 0 Å². The first-order valence-electron chi connectivity index (χ1n) is 7.12. The minimum atomic E-state index is -3.36. The molecule has 2 atom stereocenters. The molecule has 7 nitrogen and oxygen atoms in total. The normalized spacial score (nSPS) is 21.4. The molecule has 0 fully saturated rings. The van der Waals surface area contributed by atoms with Crippen molar-refractivity contribution in [3.63, 3.8) is 0 Å². The van der Waals surface area contributed by atoms with Crippen LogP contribution in [0.5, 0.6) is 5.75 Å². The molecule has 1 aromatic carbocycles. The lowest BCUT2D eigenvalue weighted by Crippen LogP contribution is -2.28. The zero-order valence-electron chi connectivity index (χ0n) is 13.3.